The fraction of sp³-hybridized carbons (Fsp3) is 1.00. The van der Waals surface area contributed by atoms with Crippen molar-refractivity contribution in [2.45, 2.75) is 76.5 Å². The first-order chi connectivity index (χ1) is 7.60. The van der Waals surface area contributed by atoms with Crippen LogP contribution in [-0.4, -0.2) is 24.3 Å². The molecule has 3 rings (SSSR count). The first kappa shape index (κ1) is 11.0. The lowest BCUT2D eigenvalue weighted by Gasteiger charge is -2.39. The molecular formula is C14H25NO. The molecule has 2 saturated carbocycles. The zero-order chi connectivity index (χ0) is 11.2. The maximum Gasteiger partial charge on any atom is 0.0697 e. The molecule has 0 aromatic heterocycles. The normalized spacial score (nSPS) is 40.1. The van der Waals surface area contributed by atoms with Crippen molar-refractivity contribution in [3.8, 4) is 0 Å². The summed E-state index contributed by atoms with van der Waals surface area (Å²) in [5, 5.41) is 3.85. The molecule has 1 N–H and O–H groups in total. The fourth-order valence-electron chi connectivity index (χ4n) is 3.57. The Balaban J connectivity index is 1.56. The van der Waals surface area contributed by atoms with E-state index in [9.17, 15) is 0 Å². The number of hydrogen-bond donors (Lipinski definition) is 1. The third-order valence-corrected chi connectivity index (χ3v) is 4.96. The maximum atomic E-state index is 6.07. The molecular weight excluding hydrogens is 198 g/mol. The van der Waals surface area contributed by atoms with E-state index in [1.807, 2.05) is 0 Å². The topological polar surface area (TPSA) is 21.3 Å². The first-order valence-corrected chi connectivity index (χ1v) is 7.00. The van der Waals surface area contributed by atoms with Crippen LogP contribution in [0.5, 0.6) is 0 Å². The molecule has 0 radical (unpaired) electrons. The van der Waals surface area contributed by atoms with Crippen molar-refractivity contribution in [1.29, 1.82) is 0 Å². The van der Waals surface area contributed by atoms with Crippen LogP contribution in [0.2, 0.25) is 0 Å². The van der Waals surface area contributed by atoms with Gasteiger partial charge in [-0.2, -0.15) is 0 Å². The van der Waals surface area contributed by atoms with Crippen LogP contribution in [0.3, 0.4) is 0 Å². The summed E-state index contributed by atoms with van der Waals surface area (Å²) in [6, 6.07) is 1.49. The summed E-state index contributed by atoms with van der Waals surface area (Å²) in [6.45, 7) is 5.72. The molecule has 3 aliphatic rings. The highest BCUT2D eigenvalue weighted by Gasteiger charge is 2.48. The molecule has 2 heteroatoms. The minimum Gasteiger partial charge on any atom is -0.375 e. The Kier molecular flexibility index (Phi) is 2.56. The van der Waals surface area contributed by atoms with Gasteiger partial charge in [0.2, 0.25) is 0 Å². The molecule has 2 unspecified atom stereocenters. The van der Waals surface area contributed by atoms with Crippen molar-refractivity contribution in [2.75, 3.05) is 6.61 Å². The van der Waals surface area contributed by atoms with Crippen molar-refractivity contribution < 1.29 is 4.74 Å². The van der Waals surface area contributed by atoms with E-state index >= 15 is 0 Å². The Labute approximate surface area is 99.1 Å². The zero-order valence-electron chi connectivity index (χ0n) is 10.7. The fourth-order valence-corrected chi connectivity index (χ4v) is 3.57. The van der Waals surface area contributed by atoms with E-state index in [0.29, 0.717) is 5.41 Å². The van der Waals surface area contributed by atoms with Crippen LogP contribution in [0.25, 0.3) is 0 Å². The quantitative estimate of drug-likeness (QED) is 0.777. The third-order valence-electron chi connectivity index (χ3n) is 4.96. The summed E-state index contributed by atoms with van der Waals surface area (Å²) in [4.78, 5) is 0. The lowest BCUT2D eigenvalue weighted by Crippen LogP contribution is -2.46. The Hall–Kier alpha value is -0.0800. The van der Waals surface area contributed by atoms with Gasteiger partial charge >= 0.3 is 0 Å². The Morgan fingerprint density at radius 3 is 2.44 bits per heavy atom. The average Bonchev–Trinajstić information content (AvgIpc) is 2.63. The van der Waals surface area contributed by atoms with Gasteiger partial charge in [-0.3, -0.25) is 0 Å². The lowest BCUT2D eigenvalue weighted by atomic mass is 9.89. The van der Waals surface area contributed by atoms with Crippen molar-refractivity contribution in [2.24, 2.45) is 5.41 Å². The highest BCUT2D eigenvalue weighted by Crippen LogP contribution is 2.46. The van der Waals surface area contributed by atoms with Crippen LogP contribution in [0.15, 0.2) is 0 Å². The molecule has 1 heterocycles. The number of nitrogens with one attached hydrogen (secondary N) is 1. The Bertz CT molecular complexity index is 268. The van der Waals surface area contributed by atoms with Crippen LogP contribution in [0, 0.1) is 5.41 Å². The molecule has 1 saturated heterocycles. The van der Waals surface area contributed by atoms with Gasteiger partial charge in [-0.05, 0) is 37.5 Å². The van der Waals surface area contributed by atoms with E-state index in [1.165, 1.54) is 44.9 Å². The van der Waals surface area contributed by atoms with Crippen molar-refractivity contribution >= 4 is 0 Å². The second-order valence-electron chi connectivity index (χ2n) is 6.84. The van der Waals surface area contributed by atoms with Crippen molar-refractivity contribution in [1.82, 2.24) is 5.32 Å². The van der Waals surface area contributed by atoms with Crippen LogP contribution in [-0.2, 0) is 4.74 Å². The molecule has 0 amide bonds. The van der Waals surface area contributed by atoms with Gasteiger partial charge in [-0.15, -0.1) is 0 Å². The van der Waals surface area contributed by atoms with Gasteiger partial charge in [0, 0.05) is 18.7 Å². The molecule has 0 bridgehead atoms. The molecule has 2 nitrogen and oxygen atoms in total. The summed E-state index contributed by atoms with van der Waals surface area (Å²) < 4.78 is 6.07. The summed E-state index contributed by atoms with van der Waals surface area (Å²) >= 11 is 0. The van der Waals surface area contributed by atoms with Crippen LogP contribution < -0.4 is 5.32 Å². The summed E-state index contributed by atoms with van der Waals surface area (Å²) in [7, 11) is 0. The maximum absolute atomic E-state index is 6.07. The first-order valence-electron chi connectivity index (χ1n) is 7.00. The summed E-state index contributed by atoms with van der Waals surface area (Å²) in [5.41, 5.74) is 0.829. The Morgan fingerprint density at radius 1 is 1.12 bits per heavy atom. The minimum atomic E-state index is 0.273. The summed E-state index contributed by atoms with van der Waals surface area (Å²) in [6.07, 6.45) is 9.20. The monoisotopic (exact) mass is 223 g/mol. The van der Waals surface area contributed by atoms with Gasteiger partial charge in [0.1, 0.15) is 0 Å². The van der Waals surface area contributed by atoms with Crippen LogP contribution >= 0.6 is 0 Å². The molecule has 3 fully saturated rings. The molecule has 2 aliphatic carbocycles. The number of rotatable bonds is 2. The van der Waals surface area contributed by atoms with Crippen LogP contribution in [0.4, 0.5) is 0 Å². The van der Waals surface area contributed by atoms with E-state index in [2.05, 4.69) is 19.2 Å². The van der Waals surface area contributed by atoms with E-state index in [1.54, 1.807) is 0 Å². The standard InChI is InChI=1S/C14H25NO/c1-13(2)10-12(13)15-11-5-8-16-14(9-11)6-3-4-7-14/h11-12,15H,3-10H2,1-2H3. The van der Waals surface area contributed by atoms with Gasteiger partial charge in [-0.25, -0.2) is 0 Å². The molecule has 16 heavy (non-hydrogen) atoms. The Morgan fingerprint density at radius 2 is 1.81 bits per heavy atom. The zero-order valence-corrected chi connectivity index (χ0v) is 10.7. The van der Waals surface area contributed by atoms with Gasteiger partial charge < -0.3 is 10.1 Å². The predicted molar refractivity (Wildman–Crippen MR) is 65.5 cm³/mol. The van der Waals surface area contributed by atoms with Gasteiger partial charge in [-0.1, -0.05) is 26.7 Å². The minimum absolute atomic E-state index is 0.273. The second kappa shape index (κ2) is 3.71. The smallest absolute Gasteiger partial charge is 0.0697 e. The third kappa shape index (κ3) is 2.02. The lowest BCUT2D eigenvalue weighted by molar-refractivity contribution is -0.0840. The van der Waals surface area contributed by atoms with E-state index in [4.69, 9.17) is 4.74 Å². The molecule has 0 aromatic carbocycles. The molecule has 92 valence electrons. The average molecular weight is 223 g/mol. The predicted octanol–water partition coefficient (Wildman–Crippen LogP) is 2.87. The number of ether oxygens (including phenoxy) is 1. The molecule has 1 spiro atoms. The van der Waals surface area contributed by atoms with E-state index in [0.717, 1.165) is 18.7 Å². The van der Waals surface area contributed by atoms with Gasteiger partial charge in [0.15, 0.2) is 0 Å². The van der Waals surface area contributed by atoms with Gasteiger partial charge in [0.25, 0.3) is 0 Å². The highest BCUT2D eigenvalue weighted by atomic mass is 16.5. The molecule has 2 atom stereocenters. The molecule has 1 aliphatic heterocycles. The largest absolute Gasteiger partial charge is 0.375 e. The van der Waals surface area contributed by atoms with E-state index in [-0.39, 0.29) is 5.60 Å². The van der Waals surface area contributed by atoms with Crippen LogP contribution in [0.1, 0.15) is 58.8 Å². The highest BCUT2D eigenvalue weighted by molar-refractivity contribution is 5.04. The van der Waals surface area contributed by atoms with Crippen molar-refractivity contribution in [3.05, 3.63) is 0 Å². The SMILES string of the molecule is CC1(C)CC1NC1CCOC2(CCCC2)C1. The van der Waals surface area contributed by atoms with Crippen molar-refractivity contribution in [3.63, 3.8) is 0 Å². The summed E-state index contributed by atoms with van der Waals surface area (Å²) in [5.74, 6) is 0. The molecule has 0 aromatic rings. The number of hydrogen-bond acceptors (Lipinski definition) is 2. The second-order valence-corrected chi connectivity index (χ2v) is 6.84. The van der Waals surface area contributed by atoms with Gasteiger partial charge in [0.05, 0.1) is 5.60 Å². The van der Waals surface area contributed by atoms with E-state index < -0.39 is 0 Å².